The maximum Gasteiger partial charge on any atom is 0.255 e. The summed E-state index contributed by atoms with van der Waals surface area (Å²) in [6.07, 6.45) is 5.08. The first-order valence-electron chi connectivity index (χ1n) is 10.6. The van der Waals surface area contributed by atoms with E-state index in [9.17, 15) is 14.4 Å². The number of benzene rings is 3. The maximum atomic E-state index is 13.0. The van der Waals surface area contributed by atoms with Crippen LogP contribution in [0.4, 0.5) is 11.4 Å². The molecule has 0 aromatic heterocycles. The van der Waals surface area contributed by atoms with E-state index in [-0.39, 0.29) is 41.4 Å². The zero-order valence-electron chi connectivity index (χ0n) is 16.7. The van der Waals surface area contributed by atoms with E-state index < -0.39 is 0 Å². The minimum absolute atomic E-state index is 0.111. The van der Waals surface area contributed by atoms with Gasteiger partial charge in [-0.2, -0.15) is 0 Å². The van der Waals surface area contributed by atoms with Crippen molar-refractivity contribution in [1.29, 1.82) is 0 Å². The number of allylic oxidation sites excluding steroid dienone is 2. The molecule has 5 nitrogen and oxygen atoms in total. The predicted octanol–water partition coefficient (Wildman–Crippen LogP) is 4.40. The van der Waals surface area contributed by atoms with Crippen LogP contribution in [0.25, 0.3) is 10.8 Å². The van der Waals surface area contributed by atoms with Gasteiger partial charge in [-0.05, 0) is 54.0 Å². The lowest BCUT2D eigenvalue weighted by atomic mass is 9.85. The molecule has 6 rings (SSSR count). The molecule has 1 saturated carbocycles. The van der Waals surface area contributed by atoms with E-state index in [1.165, 1.54) is 4.90 Å². The van der Waals surface area contributed by atoms with Crippen molar-refractivity contribution in [2.24, 2.45) is 23.7 Å². The summed E-state index contributed by atoms with van der Waals surface area (Å²) in [4.78, 5) is 40.0. The van der Waals surface area contributed by atoms with Gasteiger partial charge < -0.3 is 5.32 Å². The summed E-state index contributed by atoms with van der Waals surface area (Å²) in [6.45, 7) is 0. The first kappa shape index (κ1) is 18.1. The molecule has 1 N–H and O–H groups in total. The van der Waals surface area contributed by atoms with Crippen LogP contribution in [0.3, 0.4) is 0 Å². The number of imide groups is 1. The summed E-state index contributed by atoms with van der Waals surface area (Å²) in [7, 11) is 0. The quantitative estimate of drug-likeness (QED) is 0.516. The van der Waals surface area contributed by atoms with E-state index in [0.29, 0.717) is 11.3 Å². The van der Waals surface area contributed by atoms with Crippen LogP contribution in [0.5, 0.6) is 0 Å². The summed E-state index contributed by atoms with van der Waals surface area (Å²) < 4.78 is 0. The van der Waals surface area contributed by atoms with Gasteiger partial charge in [-0.3, -0.25) is 19.3 Å². The Labute approximate surface area is 179 Å². The average Bonchev–Trinajstić information content (AvgIpc) is 3.48. The molecule has 3 aromatic carbocycles. The van der Waals surface area contributed by atoms with Gasteiger partial charge in [-0.25, -0.2) is 0 Å². The van der Waals surface area contributed by atoms with Crippen molar-refractivity contribution in [3.05, 3.63) is 84.4 Å². The van der Waals surface area contributed by atoms with Crippen LogP contribution in [0.2, 0.25) is 0 Å². The first-order valence-corrected chi connectivity index (χ1v) is 10.6. The Hall–Kier alpha value is -3.73. The smallest absolute Gasteiger partial charge is 0.255 e. The molecule has 2 bridgehead atoms. The van der Waals surface area contributed by atoms with E-state index in [0.717, 1.165) is 22.9 Å². The Kier molecular flexibility index (Phi) is 3.87. The molecule has 2 aliphatic carbocycles. The highest BCUT2D eigenvalue weighted by Gasteiger charge is 2.59. The molecule has 0 unspecified atom stereocenters. The van der Waals surface area contributed by atoms with Crippen LogP contribution < -0.4 is 10.2 Å². The Bertz CT molecular complexity index is 1240. The van der Waals surface area contributed by atoms with Crippen LogP contribution in [-0.2, 0) is 9.59 Å². The van der Waals surface area contributed by atoms with Crippen LogP contribution in [0.15, 0.2) is 78.9 Å². The van der Waals surface area contributed by atoms with Crippen molar-refractivity contribution < 1.29 is 14.4 Å². The number of fused-ring (bicyclic) bond motifs is 6. The number of carbonyl (C=O) groups excluding carboxylic acids is 3. The summed E-state index contributed by atoms with van der Waals surface area (Å²) >= 11 is 0. The predicted molar refractivity (Wildman–Crippen MR) is 119 cm³/mol. The monoisotopic (exact) mass is 408 g/mol. The van der Waals surface area contributed by atoms with Crippen molar-refractivity contribution in [3.8, 4) is 0 Å². The van der Waals surface area contributed by atoms with Gasteiger partial charge in [0.1, 0.15) is 0 Å². The third-order valence-corrected chi connectivity index (χ3v) is 6.90. The van der Waals surface area contributed by atoms with E-state index >= 15 is 0 Å². The second kappa shape index (κ2) is 6.64. The average molecular weight is 408 g/mol. The van der Waals surface area contributed by atoms with Crippen LogP contribution in [-0.4, -0.2) is 17.7 Å². The van der Waals surface area contributed by atoms with E-state index in [1.807, 2.05) is 42.5 Å². The number of anilines is 2. The van der Waals surface area contributed by atoms with Gasteiger partial charge in [0.25, 0.3) is 5.91 Å². The Morgan fingerprint density at radius 3 is 2.16 bits per heavy atom. The Morgan fingerprint density at radius 1 is 0.806 bits per heavy atom. The Morgan fingerprint density at radius 2 is 1.45 bits per heavy atom. The minimum Gasteiger partial charge on any atom is -0.321 e. The highest BCUT2D eigenvalue weighted by Crippen LogP contribution is 2.53. The van der Waals surface area contributed by atoms with Crippen molar-refractivity contribution >= 4 is 39.9 Å². The molecule has 152 valence electrons. The standard InChI is InChI=1S/C26H20N2O3/c29-24(27-21-7-3-5-15-4-1-2-6-20(15)21)16-10-12-19(13-11-16)28-25(30)22-17-8-9-18(14-17)23(22)26(28)31/h1-13,17-18,22-23H,14H2,(H,27,29)/t17-,18-,22+,23+/m1/s1. The fraction of sp³-hybridized carbons (Fsp3) is 0.192. The number of hydrogen-bond acceptors (Lipinski definition) is 3. The molecule has 1 aliphatic heterocycles. The fourth-order valence-electron chi connectivity index (χ4n) is 5.45. The van der Waals surface area contributed by atoms with Gasteiger partial charge in [0.15, 0.2) is 0 Å². The van der Waals surface area contributed by atoms with Gasteiger partial charge in [0.2, 0.25) is 11.8 Å². The molecule has 5 heteroatoms. The third-order valence-electron chi connectivity index (χ3n) is 6.90. The van der Waals surface area contributed by atoms with Gasteiger partial charge in [-0.1, -0.05) is 48.6 Å². The fourth-order valence-corrected chi connectivity index (χ4v) is 5.45. The van der Waals surface area contributed by atoms with Crippen molar-refractivity contribution in [1.82, 2.24) is 0 Å². The SMILES string of the molecule is O=C(Nc1cccc2ccccc12)c1ccc(N2C(=O)[C@@H]3[C@@H](C2=O)[C@@H]2C=C[C@@H]3C2)cc1. The van der Waals surface area contributed by atoms with E-state index in [2.05, 4.69) is 17.5 Å². The largest absolute Gasteiger partial charge is 0.321 e. The number of carbonyl (C=O) groups is 3. The number of hydrogen-bond donors (Lipinski definition) is 1. The van der Waals surface area contributed by atoms with Crippen LogP contribution in [0, 0.1) is 23.7 Å². The Balaban J connectivity index is 1.24. The summed E-state index contributed by atoms with van der Waals surface area (Å²) in [5.74, 6) is -0.543. The van der Waals surface area contributed by atoms with Gasteiger partial charge in [0, 0.05) is 16.6 Å². The summed E-state index contributed by atoms with van der Waals surface area (Å²) in [5.41, 5.74) is 1.75. The zero-order valence-corrected chi connectivity index (χ0v) is 16.7. The van der Waals surface area contributed by atoms with Crippen molar-refractivity contribution in [2.45, 2.75) is 6.42 Å². The third kappa shape index (κ3) is 2.66. The number of nitrogens with zero attached hydrogens (tertiary/aromatic N) is 1. The van der Waals surface area contributed by atoms with Crippen molar-refractivity contribution in [2.75, 3.05) is 10.2 Å². The molecule has 3 aliphatic rings. The van der Waals surface area contributed by atoms with Gasteiger partial charge in [-0.15, -0.1) is 0 Å². The molecule has 3 amide bonds. The van der Waals surface area contributed by atoms with E-state index in [4.69, 9.17) is 0 Å². The molecule has 2 fully saturated rings. The first-order chi connectivity index (χ1) is 15.1. The summed E-state index contributed by atoms with van der Waals surface area (Å²) in [5, 5.41) is 4.99. The lowest BCUT2D eigenvalue weighted by molar-refractivity contribution is -0.123. The molecule has 1 saturated heterocycles. The topological polar surface area (TPSA) is 66.5 Å². The second-order valence-electron chi connectivity index (χ2n) is 8.54. The zero-order chi connectivity index (χ0) is 21.1. The van der Waals surface area contributed by atoms with Crippen LogP contribution in [0.1, 0.15) is 16.8 Å². The lowest BCUT2D eigenvalue weighted by Gasteiger charge is -2.17. The highest BCUT2D eigenvalue weighted by atomic mass is 16.2. The van der Waals surface area contributed by atoms with Gasteiger partial charge >= 0.3 is 0 Å². The lowest BCUT2D eigenvalue weighted by Crippen LogP contribution is -2.32. The minimum atomic E-state index is -0.235. The number of nitrogens with one attached hydrogen (secondary N) is 1. The second-order valence-corrected chi connectivity index (χ2v) is 8.54. The molecule has 1 heterocycles. The van der Waals surface area contributed by atoms with Crippen molar-refractivity contribution in [3.63, 3.8) is 0 Å². The molecular formula is C26H20N2O3. The molecule has 3 aromatic rings. The molecule has 31 heavy (non-hydrogen) atoms. The number of amides is 3. The summed E-state index contributed by atoms with van der Waals surface area (Å²) in [6, 6.07) is 20.3. The normalized spacial score (nSPS) is 26.0. The van der Waals surface area contributed by atoms with Crippen LogP contribution >= 0.6 is 0 Å². The maximum absolute atomic E-state index is 13.0. The molecule has 0 spiro atoms. The highest BCUT2D eigenvalue weighted by molar-refractivity contribution is 6.23. The molecule has 4 atom stereocenters. The molecule has 0 radical (unpaired) electrons. The molecular weight excluding hydrogens is 388 g/mol. The van der Waals surface area contributed by atoms with E-state index in [1.54, 1.807) is 24.3 Å². The van der Waals surface area contributed by atoms with Gasteiger partial charge in [0.05, 0.1) is 17.5 Å². The number of rotatable bonds is 3.